The van der Waals surface area contributed by atoms with Gasteiger partial charge >= 0.3 is 23.9 Å². The Labute approximate surface area is 205 Å². The molecule has 1 aliphatic rings. The van der Waals surface area contributed by atoms with Gasteiger partial charge in [0.05, 0.1) is 11.3 Å². The minimum absolute atomic E-state index is 0.132. The van der Waals surface area contributed by atoms with E-state index in [1.807, 2.05) is 0 Å². The predicted molar refractivity (Wildman–Crippen MR) is 118 cm³/mol. The number of alkyl halides is 1. The van der Waals surface area contributed by atoms with Crippen LogP contribution in [0.2, 0.25) is 0 Å². The van der Waals surface area contributed by atoms with E-state index in [9.17, 15) is 19.2 Å². The molecule has 5 atom stereocenters. The van der Waals surface area contributed by atoms with Crippen LogP contribution in [0.1, 0.15) is 33.5 Å². The van der Waals surface area contributed by atoms with Crippen molar-refractivity contribution in [2.45, 2.75) is 64.3 Å². The van der Waals surface area contributed by atoms with E-state index in [2.05, 4.69) is 0 Å². The predicted octanol–water partition coefficient (Wildman–Crippen LogP) is 2.63. The van der Waals surface area contributed by atoms with Gasteiger partial charge in [-0.3, -0.25) is 19.2 Å². The van der Waals surface area contributed by atoms with E-state index in [1.54, 1.807) is 24.3 Å². The minimum atomic E-state index is -1.35. The van der Waals surface area contributed by atoms with E-state index in [0.717, 1.165) is 20.8 Å². The molecule has 11 nitrogen and oxygen atoms in total. The number of fused-ring (bicyclic) bond motifs is 1. The van der Waals surface area contributed by atoms with Crippen molar-refractivity contribution in [3.63, 3.8) is 0 Å². The fourth-order valence-corrected chi connectivity index (χ4v) is 3.80. The van der Waals surface area contributed by atoms with E-state index >= 15 is 0 Å². The van der Waals surface area contributed by atoms with E-state index < -0.39 is 54.6 Å². The summed E-state index contributed by atoms with van der Waals surface area (Å²) >= 11 is 5.88. The lowest BCUT2D eigenvalue weighted by Gasteiger charge is -2.43. The lowest BCUT2D eigenvalue weighted by atomic mass is 9.98. The molecule has 0 radical (unpaired) electrons. The number of halogens is 1. The van der Waals surface area contributed by atoms with Crippen LogP contribution < -0.4 is 4.74 Å². The number of esters is 4. The van der Waals surface area contributed by atoms with Gasteiger partial charge < -0.3 is 32.8 Å². The molecule has 0 spiro atoms. The smallest absolute Gasteiger partial charge is 0.303 e. The number of furan rings is 1. The Kier molecular flexibility index (Phi) is 8.57. The molecule has 0 bridgehead atoms. The first-order valence-electron chi connectivity index (χ1n) is 10.6. The highest BCUT2D eigenvalue weighted by Crippen LogP contribution is 2.34. The Hall–Kier alpha value is -3.31. The molecule has 0 amide bonds. The minimum Gasteiger partial charge on any atom is -0.463 e. The summed E-state index contributed by atoms with van der Waals surface area (Å²) in [5, 5.41) is 0.566. The van der Waals surface area contributed by atoms with Crippen LogP contribution in [0.25, 0.3) is 11.0 Å². The maximum atomic E-state index is 11.9. The molecule has 1 aromatic heterocycles. The second-order valence-electron chi connectivity index (χ2n) is 7.70. The van der Waals surface area contributed by atoms with Crippen LogP contribution in [0.4, 0.5) is 0 Å². The quantitative estimate of drug-likeness (QED) is 0.293. The largest absolute Gasteiger partial charge is 0.463 e. The highest BCUT2D eigenvalue weighted by atomic mass is 35.5. The molecule has 2 aromatic rings. The molecule has 1 fully saturated rings. The van der Waals surface area contributed by atoms with Gasteiger partial charge in [0.1, 0.15) is 29.8 Å². The molecule has 0 aliphatic carbocycles. The molecule has 3 rings (SSSR count). The van der Waals surface area contributed by atoms with E-state index in [1.165, 1.54) is 6.92 Å². The second kappa shape index (κ2) is 11.4. The van der Waals surface area contributed by atoms with Crippen molar-refractivity contribution >= 4 is 46.4 Å². The molecule has 0 saturated carbocycles. The Morgan fingerprint density at radius 1 is 0.886 bits per heavy atom. The molecule has 0 N–H and O–H groups in total. The SMILES string of the molecule is CC(=O)OC[C@H]1O[C@@H](Oc2cccc3oc(CCl)cc23)[C@H](OC(C)=O)[C@@H](OC(C)=O)[C@H]1OC(C)=O. The van der Waals surface area contributed by atoms with Gasteiger partial charge in [0, 0.05) is 27.7 Å². The van der Waals surface area contributed by atoms with Crippen molar-refractivity contribution in [2.24, 2.45) is 0 Å². The van der Waals surface area contributed by atoms with Gasteiger partial charge in [-0.05, 0) is 18.2 Å². The first kappa shape index (κ1) is 26.3. The molecule has 0 unspecified atom stereocenters. The van der Waals surface area contributed by atoms with Crippen molar-refractivity contribution in [1.82, 2.24) is 0 Å². The summed E-state index contributed by atoms with van der Waals surface area (Å²) in [6.45, 7) is 4.27. The fourth-order valence-electron chi connectivity index (χ4n) is 3.66. The number of benzene rings is 1. The van der Waals surface area contributed by atoms with Gasteiger partial charge in [-0.15, -0.1) is 11.6 Å². The summed E-state index contributed by atoms with van der Waals surface area (Å²) in [4.78, 5) is 47.1. The molecular formula is C23H25ClO11. The summed E-state index contributed by atoms with van der Waals surface area (Å²) in [6, 6.07) is 6.70. The fraction of sp³-hybridized carbons (Fsp3) is 0.478. The number of hydrogen-bond donors (Lipinski definition) is 0. The van der Waals surface area contributed by atoms with Crippen LogP contribution in [0.15, 0.2) is 28.7 Å². The average molecular weight is 513 g/mol. The van der Waals surface area contributed by atoms with E-state index in [0.29, 0.717) is 22.5 Å². The summed E-state index contributed by atoms with van der Waals surface area (Å²) in [5.41, 5.74) is 0.490. The number of carbonyl (C=O) groups is 4. The normalized spacial score (nSPS) is 23.9. The summed E-state index contributed by atoms with van der Waals surface area (Å²) < 4.78 is 38.9. The first-order chi connectivity index (χ1) is 16.6. The maximum Gasteiger partial charge on any atom is 0.303 e. The van der Waals surface area contributed by atoms with Gasteiger partial charge in [-0.2, -0.15) is 0 Å². The van der Waals surface area contributed by atoms with Crippen LogP contribution >= 0.6 is 11.6 Å². The van der Waals surface area contributed by atoms with Gasteiger partial charge in [0.15, 0.2) is 12.2 Å². The zero-order chi connectivity index (χ0) is 25.7. The van der Waals surface area contributed by atoms with Crippen molar-refractivity contribution in [2.75, 3.05) is 6.61 Å². The van der Waals surface area contributed by atoms with Crippen LogP contribution in [-0.4, -0.2) is 61.2 Å². The number of hydrogen-bond acceptors (Lipinski definition) is 11. The standard InChI is InChI=1S/C23H25ClO11/c1-11(25)29-10-19-20(30-12(2)26)21(31-13(3)27)22(32-14(4)28)23(35-19)34-18-7-5-6-17-16(18)8-15(9-24)33-17/h5-8,19-23H,9-10H2,1-4H3/t19-,20+,21+,22-,23-/m1/s1. The first-order valence-corrected chi connectivity index (χ1v) is 11.2. The zero-order valence-corrected chi connectivity index (χ0v) is 20.2. The third kappa shape index (κ3) is 6.64. The van der Waals surface area contributed by atoms with E-state index in [-0.39, 0.29) is 12.5 Å². The van der Waals surface area contributed by atoms with Gasteiger partial charge in [-0.25, -0.2) is 0 Å². The summed E-state index contributed by atoms with van der Waals surface area (Å²) in [5.74, 6) is -1.87. The van der Waals surface area contributed by atoms with Crippen molar-refractivity contribution in [1.29, 1.82) is 0 Å². The summed E-state index contributed by atoms with van der Waals surface area (Å²) in [6.07, 6.45) is -6.42. The Balaban J connectivity index is 2.03. The van der Waals surface area contributed by atoms with Crippen LogP contribution in [-0.2, 0) is 48.7 Å². The van der Waals surface area contributed by atoms with Gasteiger partial charge in [-0.1, -0.05) is 6.07 Å². The van der Waals surface area contributed by atoms with Crippen LogP contribution in [0.5, 0.6) is 5.75 Å². The average Bonchev–Trinajstić information content (AvgIpc) is 3.20. The number of rotatable bonds is 8. The van der Waals surface area contributed by atoms with Crippen LogP contribution in [0, 0.1) is 0 Å². The lowest BCUT2D eigenvalue weighted by Crippen LogP contribution is -2.63. The van der Waals surface area contributed by atoms with Crippen molar-refractivity contribution in [3.05, 3.63) is 30.0 Å². The topological polar surface area (TPSA) is 137 Å². The molecule has 2 heterocycles. The monoisotopic (exact) mass is 512 g/mol. The van der Waals surface area contributed by atoms with Crippen molar-refractivity contribution < 1.29 is 52.0 Å². The zero-order valence-electron chi connectivity index (χ0n) is 19.5. The summed E-state index contributed by atoms with van der Waals surface area (Å²) in [7, 11) is 0. The van der Waals surface area contributed by atoms with Crippen LogP contribution in [0.3, 0.4) is 0 Å². The highest BCUT2D eigenvalue weighted by molar-refractivity contribution is 6.17. The van der Waals surface area contributed by atoms with Gasteiger partial charge in [0.2, 0.25) is 12.4 Å². The lowest BCUT2D eigenvalue weighted by molar-refractivity contribution is -0.288. The molecule has 35 heavy (non-hydrogen) atoms. The second-order valence-corrected chi connectivity index (χ2v) is 7.97. The Bertz CT molecular complexity index is 1090. The highest BCUT2D eigenvalue weighted by Gasteiger charge is 2.53. The number of ether oxygens (including phenoxy) is 6. The third-order valence-corrected chi connectivity index (χ3v) is 5.16. The molecule has 1 saturated heterocycles. The Morgan fingerprint density at radius 3 is 2.11 bits per heavy atom. The van der Waals surface area contributed by atoms with Crippen molar-refractivity contribution in [3.8, 4) is 5.75 Å². The molecule has 190 valence electrons. The Morgan fingerprint density at radius 2 is 1.51 bits per heavy atom. The molecule has 1 aromatic carbocycles. The van der Waals surface area contributed by atoms with Gasteiger partial charge in [0.25, 0.3) is 0 Å². The molecule has 1 aliphatic heterocycles. The molecule has 12 heteroatoms. The third-order valence-electron chi connectivity index (χ3n) is 4.90. The maximum absolute atomic E-state index is 11.9. The molecular weight excluding hydrogens is 488 g/mol. The van der Waals surface area contributed by atoms with E-state index in [4.69, 9.17) is 44.4 Å². The number of carbonyl (C=O) groups excluding carboxylic acids is 4.